The highest BCUT2D eigenvalue weighted by Crippen LogP contribution is 2.13. The van der Waals surface area contributed by atoms with Crippen LogP contribution in [0.3, 0.4) is 0 Å². The maximum absolute atomic E-state index is 12.0. The second kappa shape index (κ2) is 6.25. The molecule has 2 amide bonds. The summed E-state index contributed by atoms with van der Waals surface area (Å²) in [5.41, 5.74) is 0.772. The monoisotopic (exact) mass is 272 g/mol. The molecule has 106 valence electrons. The van der Waals surface area contributed by atoms with E-state index >= 15 is 0 Å². The number of hydrogen-bond donors (Lipinski definition) is 2. The predicted octanol–water partition coefficient (Wildman–Crippen LogP) is 2.16. The van der Waals surface area contributed by atoms with Gasteiger partial charge in [-0.1, -0.05) is 32.8 Å². The molecule has 1 aromatic carbocycles. The molecule has 0 aliphatic rings. The van der Waals surface area contributed by atoms with Gasteiger partial charge in [0.1, 0.15) is 6.04 Å². The number of nitrogens with one attached hydrogen (secondary N) is 2. The van der Waals surface area contributed by atoms with Crippen molar-refractivity contribution in [3.63, 3.8) is 0 Å². The Hall–Kier alpha value is -2.28. The van der Waals surface area contributed by atoms with Crippen LogP contribution in [-0.4, -0.2) is 17.9 Å². The first kappa shape index (κ1) is 15.8. The van der Waals surface area contributed by atoms with E-state index in [0.717, 1.165) is 0 Å². The lowest BCUT2D eigenvalue weighted by Crippen LogP contribution is -2.46. The lowest BCUT2D eigenvalue weighted by molar-refractivity contribution is -0.131. The zero-order chi connectivity index (χ0) is 15.3. The molecule has 0 heterocycles. The van der Waals surface area contributed by atoms with Gasteiger partial charge >= 0.3 is 0 Å². The smallest absolute Gasteiger partial charge is 0.246 e. The molecule has 0 spiro atoms. The Morgan fingerprint density at radius 3 is 2.50 bits per heavy atom. The van der Waals surface area contributed by atoms with Crippen LogP contribution in [0, 0.1) is 17.8 Å². The first-order valence-corrected chi connectivity index (χ1v) is 6.42. The molecule has 0 aromatic heterocycles. The van der Waals surface area contributed by atoms with E-state index in [1.807, 2.05) is 0 Å². The molecule has 0 fully saturated rings. The third-order valence-electron chi connectivity index (χ3n) is 2.72. The summed E-state index contributed by atoms with van der Waals surface area (Å²) in [5.74, 6) is 2.05. The number of rotatable bonds is 3. The van der Waals surface area contributed by atoms with Gasteiger partial charge in [0.05, 0.1) is 0 Å². The fourth-order valence-electron chi connectivity index (χ4n) is 1.42. The fraction of sp³-hybridized carbons (Fsp3) is 0.375. The number of amides is 2. The highest BCUT2D eigenvalue weighted by Gasteiger charge is 2.25. The van der Waals surface area contributed by atoms with Crippen LogP contribution in [0.4, 0.5) is 5.69 Å². The molecule has 1 aromatic rings. The van der Waals surface area contributed by atoms with E-state index in [1.165, 1.54) is 0 Å². The zero-order valence-electron chi connectivity index (χ0n) is 12.3. The van der Waals surface area contributed by atoms with Gasteiger partial charge in [-0.25, -0.2) is 0 Å². The number of anilines is 1. The van der Waals surface area contributed by atoms with Crippen LogP contribution in [0.1, 0.15) is 33.3 Å². The van der Waals surface area contributed by atoms with Crippen LogP contribution in [0.5, 0.6) is 0 Å². The van der Waals surface area contributed by atoms with E-state index < -0.39 is 11.5 Å². The summed E-state index contributed by atoms with van der Waals surface area (Å²) < 4.78 is 0. The van der Waals surface area contributed by atoms with E-state index in [1.54, 1.807) is 52.0 Å². The third kappa shape index (κ3) is 4.43. The lowest BCUT2D eigenvalue weighted by Gasteiger charge is -2.21. The number of carbonyl (C=O) groups excluding carboxylic acids is 2. The number of carbonyl (C=O) groups is 2. The molecular weight excluding hydrogens is 252 g/mol. The van der Waals surface area contributed by atoms with Gasteiger partial charge in [0, 0.05) is 16.7 Å². The van der Waals surface area contributed by atoms with Crippen molar-refractivity contribution < 1.29 is 9.59 Å². The minimum Gasteiger partial charge on any atom is -0.344 e. The highest BCUT2D eigenvalue weighted by atomic mass is 16.2. The maximum Gasteiger partial charge on any atom is 0.246 e. The standard InChI is InChI=1S/C16H20N2O2/c1-6-12-8-7-9-13(10-12)18-14(19)11(2)17-15(20)16(3,4)5/h1,7-11H,2-5H3,(H,17,20)(H,18,19). The zero-order valence-corrected chi connectivity index (χ0v) is 12.3. The summed E-state index contributed by atoms with van der Waals surface area (Å²) in [5, 5.41) is 5.40. The molecule has 4 heteroatoms. The Balaban J connectivity index is 2.67. The Bertz CT molecular complexity index is 550. The normalized spacial score (nSPS) is 12.2. The first-order valence-electron chi connectivity index (χ1n) is 6.42. The van der Waals surface area contributed by atoms with Crippen molar-refractivity contribution in [2.45, 2.75) is 33.7 Å². The SMILES string of the molecule is C#Cc1cccc(NC(=O)C(C)NC(=O)C(C)(C)C)c1. The van der Waals surface area contributed by atoms with Gasteiger partial charge in [0.2, 0.25) is 11.8 Å². The van der Waals surface area contributed by atoms with Gasteiger partial charge in [-0.15, -0.1) is 6.42 Å². The van der Waals surface area contributed by atoms with Crippen molar-refractivity contribution in [2.24, 2.45) is 5.41 Å². The second-order valence-corrected chi connectivity index (χ2v) is 5.66. The summed E-state index contributed by atoms with van der Waals surface area (Å²) in [6.07, 6.45) is 5.30. The molecule has 0 saturated carbocycles. The van der Waals surface area contributed by atoms with Crippen molar-refractivity contribution in [3.8, 4) is 12.3 Å². The Kier molecular flexibility index (Phi) is 4.93. The Morgan fingerprint density at radius 1 is 1.30 bits per heavy atom. The fourth-order valence-corrected chi connectivity index (χ4v) is 1.42. The minimum atomic E-state index is -0.615. The highest BCUT2D eigenvalue weighted by molar-refractivity contribution is 5.97. The van der Waals surface area contributed by atoms with Crippen molar-refractivity contribution in [3.05, 3.63) is 29.8 Å². The molecule has 2 N–H and O–H groups in total. The molecule has 0 aliphatic heterocycles. The van der Waals surface area contributed by atoms with Crippen LogP contribution < -0.4 is 10.6 Å². The first-order chi connectivity index (χ1) is 9.24. The van der Waals surface area contributed by atoms with Gasteiger partial charge in [-0.3, -0.25) is 9.59 Å². The van der Waals surface area contributed by atoms with Gasteiger partial charge in [0.15, 0.2) is 0 Å². The summed E-state index contributed by atoms with van der Waals surface area (Å²) >= 11 is 0. The van der Waals surface area contributed by atoms with E-state index in [2.05, 4.69) is 16.6 Å². The van der Waals surface area contributed by atoms with Gasteiger partial charge in [-0.05, 0) is 25.1 Å². The molecule has 0 radical (unpaired) electrons. The van der Waals surface area contributed by atoms with Crippen molar-refractivity contribution in [1.29, 1.82) is 0 Å². The largest absolute Gasteiger partial charge is 0.344 e. The molecule has 1 rings (SSSR count). The molecule has 0 bridgehead atoms. The molecule has 0 saturated heterocycles. The van der Waals surface area contributed by atoms with E-state index in [9.17, 15) is 9.59 Å². The van der Waals surface area contributed by atoms with E-state index in [-0.39, 0.29) is 11.8 Å². The maximum atomic E-state index is 12.0. The molecular formula is C16H20N2O2. The van der Waals surface area contributed by atoms with Crippen LogP contribution in [0.15, 0.2) is 24.3 Å². The molecule has 1 atom stereocenters. The Morgan fingerprint density at radius 2 is 1.95 bits per heavy atom. The van der Waals surface area contributed by atoms with Crippen LogP contribution in [0.25, 0.3) is 0 Å². The second-order valence-electron chi connectivity index (χ2n) is 5.66. The van der Waals surface area contributed by atoms with Crippen molar-refractivity contribution in [2.75, 3.05) is 5.32 Å². The van der Waals surface area contributed by atoms with Gasteiger partial charge < -0.3 is 10.6 Å². The van der Waals surface area contributed by atoms with Gasteiger partial charge in [-0.2, -0.15) is 0 Å². The molecule has 20 heavy (non-hydrogen) atoms. The van der Waals surface area contributed by atoms with Crippen molar-refractivity contribution in [1.82, 2.24) is 5.32 Å². The minimum absolute atomic E-state index is 0.169. The molecule has 0 aliphatic carbocycles. The van der Waals surface area contributed by atoms with Crippen molar-refractivity contribution >= 4 is 17.5 Å². The number of hydrogen-bond acceptors (Lipinski definition) is 2. The predicted molar refractivity (Wildman–Crippen MR) is 80.1 cm³/mol. The summed E-state index contributed by atoms with van der Waals surface area (Å²) in [4.78, 5) is 23.8. The molecule has 4 nitrogen and oxygen atoms in total. The van der Waals surface area contributed by atoms with Crippen LogP contribution in [-0.2, 0) is 9.59 Å². The Labute approximate surface area is 120 Å². The van der Waals surface area contributed by atoms with Crippen LogP contribution in [0.2, 0.25) is 0 Å². The number of terminal acetylenes is 1. The summed E-state index contributed by atoms with van der Waals surface area (Å²) in [7, 11) is 0. The van der Waals surface area contributed by atoms with E-state index in [0.29, 0.717) is 11.3 Å². The summed E-state index contributed by atoms with van der Waals surface area (Å²) in [6, 6.07) is 6.38. The lowest BCUT2D eigenvalue weighted by atomic mass is 9.95. The summed E-state index contributed by atoms with van der Waals surface area (Å²) in [6.45, 7) is 7.03. The van der Waals surface area contributed by atoms with Gasteiger partial charge in [0.25, 0.3) is 0 Å². The van der Waals surface area contributed by atoms with E-state index in [4.69, 9.17) is 6.42 Å². The quantitative estimate of drug-likeness (QED) is 0.828. The average Bonchev–Trinajstić information content (AvgIpc) is 2.37. The number of benzene rings is 1. The average molecular weight is 272 g/mol. The molecule has 1 unspecified atom stereocenters. The van der Waals surface area contributed by atoms with Crippen LogP contribution >= 0.6 is 0 Å². The topological polar surface area (TPSA) is 58.2 Å². The third-order valence-corrected chi connectivity index (χ3v) is 2.72.